The van der Waals surface area contributed by atoms with E-state index in [2.05, 4.69) is 9.97 Å². The van der Waals surface area contributed by atoms with Crippen molar-refractivity contribution in [1.29, 1.82) is 0 Å². The van der Waals surface area contributed by atoms with E-state index in [1.54, 1.807) is 0 Å². The normalized spacial score (nSPS) is 20.4. The number of imidazole rings is 1. The van der Waals surface area contributed by atoms with Gasteiger partial charge in [-0.15, -0.1) is 0 Å². The van der Waals surface area contributed by atoms with Crippen molar-refractivity contribution in [3.8, 4) is 0 Å². The van der Waals surface area contributed by atoms with Crippen molar-refractivity contribution in [3.05, 3.63) is 17.8 Å². The lowest BCUT2D eigenvalue weighted by Gasteiger charge is -2.23. The fourth-order valence-electron chi connectivity index (χ4n) is 2.45. The molecule has 1 saturated heterocycles. The first-order valence-corrected chi connectivity index (χ1v) is 6.45. The van der Waals surface area contributed by atoms with Gasteiger partial charge < -0.3 is 10.5 Å². The Morgan fingerprint density at radius 3 is 3.06 bits per heavy atom. The van der Waals surface area contributed by atoms with Gasteiger partial charge in [-0.25, -0.2) is 9.97 Å². The molecule has 1 atom stereocenters. The third-order valence-electron chi connectivity index (χ3n) is 3.42. The van der Waals surface area contributed by atoms with E-state index in [1.165, 1.54) is 6.42 Å². The van der Waals surface area contributed by atoms with Crippen LogP contribution in [0.5, 0.6) is 0 Å². The molecule has 96 valence electrons. The van der Waals surface area contributed by atoms with Gasteiger partial charge in [0.25, 0.3) is 0 Å². The van der Waals surface area contributed by atoms with Crippen LogP contribution in [0.1, 0.15) is 25.0 Å². The average molecular weight is 246 g/mol. The van der Waals surface area contributed by atoms with Gasteiger partial charge in [-0.3, -0.25) is 4.57 Å². The van der Waals surface area contributed by atoms with E-state index in [0.29, 0.717) is 5.95 Å². The summed E-state index contributed by atoms with van der Waals surface area (Å²) in [6, 6.07) is 3.92. The Kier molecular flexibility index (Phi) is 2.91. The number of nitrogens with zero attached hydrogens (tertiary/aromatic N) is 3. The Hall–Kier alpha value is -1.62. The maximum Gasteiger partial charge on any atom is 0.202 e. The molecule has 2 N–H and O–H groups in total. The molecule has 0 aromatic carbocycles. The van der Waals surface area contributed by atoms with E-state index in [0.717, 1.165) is 42.9 Å². The van der Waals surface area contributed by atoms with Crippen molar-refractivity contribution in [2.75, 3.05) is 12.3 Å². The second kappa shape index (κ2) is 4.57. The van der Waals surface area contributed by atoms with E-state index in [1.807, 2.05) is 23.6 Å². The van der Waals surface area contributed by atoms with E-state index < -0.39 is 0 Å². The van der Waals surface area contributed by atoms with Crippen molar-refractivity contribution in [2.24, 2.45) is 0 Å². The number of nitrogen functional groups attached to an aromatic ring is 1. The Labute approximate surface area is 106 Å². The summed E-state index contributed by atoms with van der Waals surface area (Å²) in [5.74, 6) is 0.525. The van der Waals surface area contributed by atoms with Crippen LogP contribution in [0.2, 0.25) is 0 Å². The molecule has 0 saturated carbocycles. The zero-order chi connectivity index (χ0) is 12.5. The van der Waals surface area contributed by atoms with Gasteiger partial charge in [0.05, 0.1) is 12.6 Å². The Morgan fingerprint density at radius 1 is 1.39 bits per heavy atom. The molecular formula is C13H18N4O. The van der Waals surface area contributed by atoms with Crippen molar-refractivity contribution < 1.29 is 4.74 Å². The molecule has 0 aliphatic carbocycles. The highest BCUT2D eigenvalue weighted by atomic mass is 16.5. The zero-order valence-corrected chi connectivity index (χ0v) is 10.6. The van der Waals surface area contributed by atoms with Gasteiger partial charge in [0.2, 0.25) is 5.95 Å². The second-order valence-corrected chi connectivity index (χ2v) is 4.86. The predicted octanol–water partition coefficient (Wildman–Crippen LogP) is 1.89. The molecule has 18 heavy (non-hydrogen) atoms. The van der Waals surface area contributed by atoms with E-state index >= 15 is 0 Å². The number of ether oxygens (including phenoxy) is 1. The summed E-state index contributed by atoms with van der Waals surface area (Å²) in [5, 5.41) is 0. The third kappa shape index (κ3) is 2.06. The first-order valence-electron chi connectivity index (χ1n) is 6.45. The molecule has 2 aromatic rings. The number of pyridine rings is 1. The van der Waals surface area contributed by atoms with Crippen LogP contribution in [0.15, 0.2) is 12.1 Å². The molecule has 3 rings (SSSR count). The summed E-state index contributed by atoms with van der Waals surface area (Å²) in [4.78, 5) is 8.87. The fourth-order valence-corrected chi connectivity index (χ4v) is 2.45. The molecule has 0 bridgehead atoms. The molecule has 3 heterocycles. The second-order valence-electron chi connectivity index (χ2n) is 4.86. The number of nitrogens with two attached hydrogens (primary N) is 1. The highest BCUT2D eigenvalue weighted by molar-refractivity contribution is 5.74. The molecule has 0 amide bonds. The molecule has 5 nitrogen and oxygen atoms in total. The molecular weight excluding hydrogens is 228 g/mol. The molecule has 1 aliphatic heterocycles. The van der Waals surface area contributed by atoms with E-state index in [-0.39, 0.29) is 6.10 Å². The highest BCUT2D eigenvalue weighted by Gasteiger charge is 2.18. The van der Waals surface area contributed by atoms with Gasteiger partial charge in [-0.1, -0.05) is 0 Å². The van der Waals surface area contributed by atoms with Crippen LogP contribution in [0.3, 0.4) is 0 Å². The third-order valence-corrected chi connectivity index (χ3v) is 3.42. The Morgan fingerprint density at radius 2 is 2.28 bits per heavy atom. The van der Waals surface area contributed by atoms with Crippen LogP contribution in [0.4, 0.5) is 5.95 Å². The van der Waals surface area contributed by atoms with Crippen LogP contribution in [0.25, 0.3) is 11.2 Å². The van der Waals surface area contributed by atoms with Crippen LogP contribution in [-0.4, -0.2) is 27.2 Å². The lowest BCUT2D eigenvalue weighted by molar-refractivity contribution is 0.00686. The van der Waals surface area contributed by atoms with Crippen molar-refractivity contribution in [2.45, 2.75) is 38.8 Å². The maximum absolute atomic E-state index is 5.98. The number of aryl methyl sites for hydroxylation is 1. The topological polar surface area (TPSA) is 66.0 Å². The van der Waals surface area contributed by atoms with Crippen LogP contribution in [0, 0.1) is 6.92 Å². The van der Waals surface area contributed by atoms with Gasteiger partial charge >= 0.3 is 0 Å². The monoisotopic (exact) mass is 246 g/mol. The van der Waals surface area contributed by atoms with Crippen molar-refractivity contribution >= 4 is 17.1 Å². The summed E-state index contributed by atoms with van der Waals surface area (Å²) < 4.78 is 7.72. The molecule has 0 spiro atoms. The van der Waals surface area contributed by atoms with Crippen molar-refractivity contribution in [1.82, 2.24) is 14.5 Å². The molecule has 1 fully saturated rings. The standard InChI is InChI=1S/C13H18N4O/c1-9-5-6-11-12(15-9)17(13(14)16-11)8-10-4-2-3-7-18-10/h5-6,10H,2-4,7-8H2,1H3,(H2,14,16). The summed E-state index contributed by atoms with van der Waals surface area (Å²) >= 11 is 0. The summed E-state index contributed by atoms with van der Waals surface area (Å²) in [6.07, 6.45) is 3.71. The predicted molar refractivity (Wildman–Crippen MR) is 70.3 cm³/mol. The minimum absolute atomic E-state index is 0.237. The van der Waals surface area contributed by atoms with Gasteiger partial charge in [0, 0.05) is 12.3 Å². The summed E-state index contributed by atoms with van der Waals surface area (Å²) in [6.45, 7) is 3.58. The molecule has 2 aromatic heterocycles. The summed E-state index contributed by atoms with van der Waals surface area (Å²) in [7, 11) is 0. The molecule has 0 radical (unpaired) electrons. The van der Waals surface area contributed by atoms with Gasteiger partial charge in [0.15, 0.2) is 5.65 Å². The minimum atomic E-state index is 0.237. The highest BCUT2D eigenvalue weighted by Crippen LogP contribution is 2.20. The van der Waals surface area contributed by atoms with Gasteiger partial charge in [-0.05, 0) is 38.3 Å². The van der Waals surface area contributed by atoms with E-state index in [4.69, 9.17) is 10.5 Å². The lowest BCUT2D eigenvalue weighted by Crippen LogP contribution is -2.25. The largest absolute Gasteiger partial charge is 0.376 e. The van der Waals surface area contributed by atoms with Crippen LogP contribution < -0.4 is 5.73 Å². The minimum Gasteiger partial charge on any atom is -0.376 e. The molecule has 1 aliphatic rings. The first kappa shape index (κ1) is 11.5. The number of anilines is 1. The van der Waals surface area contributed by atoms with E-state index in [9.17, 15) is 0 Å². The maximum atomic E-state index is 5.98. The fraction of sp³-hybridized carbons (Fsp3) is 0.538. The zero-order valence-electron chi connectivity index (χ0n) is 10.6. The Balaban J connectivity index is 1.94. The number of fused-ring (bicyclic) bond motifs is 1. The van der Waals surface area contributed by atoms with Crippen LogP contribution >= 0.6 is 0 Å². The van der Waals surface area contributed by atoms with Crippen LogP contribution in [-0.2, 0) is 11.3 Å². The van der Waals surface area contributed by atoms with Gasteiger partial charge in [-0.2, -0.15) is 0 Å². The summed E-state index contributed by atoms with van der Waals surface area (Å²) in [5.41, 5.74) is 8.67. The number of aromatic nitrogens is 3. The average Bonchev–Trinajstić information content (AvgIpc) is 2.67. The quantitative estimate of drug-likeness (QED) is 0.878. The SMILES string of the molecule is Cc1ccc2nc(N)n(CC3CCCCO3)c2n1. The van der Waals surface area contributed by atoms with Crippen molar-refractivity contribution in [3.63, 3.8) is 0 Å². The Bertz CT molecular complexity index is 557. The number of rotatable bonds is 2. The molecule has 1 unspecified atom stereocenters. The number of hydrogen-bond acceptors (Lipinski definition) is 4. The molecule has 5 heteroatoms. The lowest BCUT2D eigenvalue weighted by atomic mass is 10.1. The number of hydrogen-bond donors (Lipinski definition) is 1. The smallest absolute Gasteiger partial charge is 0.202 e. The first-order chi connectivity index (χ1) is 8.74. The van der Waals surface area contributed by atoms with Gasteiger partial charge in [0.1, 0.15) is 5.52 Å².